The summed E-state index contributed by atoms with van der Waals surface area (Å²) >= 11 is 0. The minimum absolute atomic E-state index is 0.0739. The lowest BCUT2D eigenvalue weighted by molar-refractivity contribution is -0.0607. The van der Waals surface area contributed by atoms with Crippen LogP contribution < -0.4 is 5.73 Å². The second kappa shape index (κ2) is 9.60. The first-order chi connectivity index (χ1) is 15.3. The fourth-order valence-corrected chi connectivity index (χ4v) is 6.04. The minimum Gasteiger partial charge on any atom is -0.431 e. The van der Waals surface area contributed by atoms with Crippen LogP contribution in [0.5, 0.6) is 0 Å². The highest BCUT2D eigenvalue weighted by atomic mass is 31.3. The van der Waals surface area contributed by atoms with Gasteiger partial charge >= 0.3 is 23.5 Å². The molecule has 0 radical (unpaired) electrons. The highest BCUT2D eigenvalue weighted by Gasteiger charge is 2.46. The van der Waals surface area contributed by atoms with Crippen LogP contribution in [0.2, 0.25) is 0 Å². The second-order valence-electron chi connectivity index (χ2n) is 6.15. The molecular formula is C10H15N8O12P3. The van der Waals surface area contributed by atoms with Gasteiger partial charge in [0.2, 0.25) is 0 Å². The van der Waals surface area contributed by atoms with E-state index in [1.165, 1.54) is 10.9 Å². The zero-order valence-corrected chi connectivity index (χ0v) is 18.6. The van der Waals surface area contributed by atoms with Crippen molar-refractivity contribution in [1.29, 1.82) is 0 Å². The Bertz CT molecular complexity index is 1210. The second-order valence-corrected chi connectivity index (χ2v) is 10.5. The first-order valence-electron chi connectivity index (χ1n) is 8.37. The number of imidazole rings is 1. The molecule has 182 valence electrons. The van der Waals surface area contributed by atoms with Crippen molar-refractivity contribution in [2.24, 2.45) is 5.28 Å². The molecule has 0 bridgehead atoms. The zero-order chi connectivity index (χ0) is 24.4. The average molecular weight is 532 g/mol. The number of hydrogen-bond acceptors (Lipinski definition) is 13. The van der Waals surface area contributed by atoms with Gasteiger partial charge in [-0.25, -0.2) is 28.6 Å². The summed E-state index contributed by atoms with van der Waals surface area (Å²) in [6.07, 6.45) is -1.33. The van der Waals surface area contributed by atoms with Gasteiger partial charge in [0.1, 0.15) is 42.2 Å². The monoisotopic (exact) mass is 532 g/mol. The summed E-state index contributed by atoms with van der Waals surface area (Å²) in [7, 11) is -16.8. The number of phosphoric acid groups is 3. The molecule has 1 aliphatic rings. The number of phosphoric ester groups is 1. The third-order valence-electron chi connectivity index (χ3n) is 3.90. The van der Waals surface area contributed by atoms with Crippen LogP contribution in [0.25, 0.3) is 21.6 Å². The molecule has 0 spiro atoms. The van der Waals surface area contributed by atoms with Crippen molar-refractivity contribution in [3.05, 3.63) is 23.1 Å². The first-order valence-corrected chi connectivity index (χ1v) is 12.9. The largest absolute Gasteiger partial charge is 0.490 e. The van der Waals surface area contributed by atoms with Crippen molar-refractivity contribution in [2.45, 2.75) is 24.9 Å². The maximum absolute atomic E-state index is 12.2. The number of azide groups is 1. The average Bonchev–Trinajstić information content (AvgIpc) is 3.23. The summed E-state index contributed by atoms with van der Waals surface area (Å²) in [5.41, 5.74) is 14.5. The minimum atomic E-state index is -5.73. The number of hydrogen-bond donors (Lipinski definition) is 5. The van der Waals surface area contributed by atoms with Gasteiger partial charge < -0.3 is 34.9 Å². The number of rotatable bonds is 10. The van der Waals surface area contributed by atoms with Crippen molar-refractivity contribution in [3.63, 3.8) is 0 Å². The van der Waals surface area contributed by atoms with Gasteiger partial charge in [0, 0.05) is 11.3 Å². The molecule has 0 aromatic carbocycles. The van der Waals surface area contributed by atoms with Crippen molar-refractivity contribution in [1.82, 2.24) is 19.5 Å². The van der Waals surface area contributed by atoms with Crippen molar-refractivity contribution >= 4 is 40.4 Å². The molecule has 1 fully saturated rings. The molecule has 2 aromatic heterocycles. The molecule has 0 saturated carbocycles. The molecule has 5 atom stereocenters. The predicted octanol–water partition coefficient (Wildman–Crippen LogP) is 0.650. The van der Waals surface area contributed by atoms with E-state index < -0.39 is 48.5 Å². The third kappa shape index (κ3) is 6.68. The highest BCUT2D eigenvalue weighted by Crippen LogP contribution is 2.67. The van der Waals surface area contributed by atoms with Gasteiger partial charge in [0.15, 0.2) is 11.5 Å². The molecule has 6 N–H and O–H groups in total. The summed E-state index contributed by atoms with van der Waals surface area (Å²) < 4.78 is 53.8. The van der Waals surface area contributed by atoms with Crippen molar-refractivity contribution in [2.75, 3.05) is 12.3 Å². The van der Waals surface area contributed by atoms with E-state index in [1.54, 1.807) is 0 Å². The molecular weight excluding hydrogens is 517 g/mol. The van der Waals surface area contributed by atoms with Crippen LogP contribution in [0.3, 0.4) is 0 Å². The Morgan fingerprint density at radius 3 is 2.61 bits per heavy atom. The smallest absolute Gasteiger partial charge is 0.431 e. The Morgan fingerprint density at radius 2 is 1.94 bits per heavy atom. The molecule has 1 saturated heterocycles. The Morgan fingerprint density at radius 1 is 1.21 bits per heavy atom. The number of ether oxygens (including phenoxy) is 1. The van der Waals surface area contributed by atoms with Crippen LogP contribution in [-0.4, -0.2) is 57.9 Å². The first kappa shape index (κ1) is 25.5. The summed E-state index contributed by atoms with van der Waals surface area (Å²) in [5.74, 6) is 0.0739. The third-order valence-corrected chi connectivity index (χ3v) is 7.76. The molecule has 0 amide bonds. The van der Waals surface area contributed by atoms with E-state index in [4.69, 9.17) is 30.3 Å². The molecule has 2 unspecified atom stereocenters. The van der Waals surface area contributed by atoms with Gasteiger partial charge in [-0.2, -0.15) is 8.62 Å². The Balaban J connectivity index is 1.81. The summed E-state index contributed by atoms with van der Waals surface area (Å²) in [6.45, 7) is -0.495. The topological polar surface area (TPSA) is 297 Å². The van der Waals surface area contributed by atoms with Gasteiger partial charge in [0.25, 0.3) is 0 Å². The zero-order valence-electron chi connectivity index (χ0n) is 15.9. The Hall–Kier alpha value is -2.17. The molecule has 2 aromatic rings. The normalized spacial score (nSPS) is 24.7. The van der Waals surface area contributed by atoms with Gasteiger partial charge in [-0.1, -0.05) is 0 Å². The number of aromatic nitrogens is 4. The number of fused-ring (bicyclic) bond motifs is 1. The van der Waals surface area contributed by atoms with E-state index in [9.17, 15) is 23.5 Å². The Kier molecular flexibility index (Phi) is 7.40. The van der Waals surface area contributed by atoms with Gasteiger partial charge in [-0.3, -0.25) is 9.09 Å². The van der Waals surface area contributed by atoms with Gasteiger partial charge in [-0.05, 0) is 5.53 Å². The molecule has 23 heteroatoms. The number of nitrogens with zero attached hydrogens (tertiary/aromatic N) is 7. The number of anilines is 1. The van der Waals surface area contributed by atoms with Crippen LogP contribution in [-0.2, 0) is 36.4 Å². The fourth-order valence-electron chi connectivity index (χ4n) is 2.82. The van der Waals surface area contributed by atoms with Gasteiger partial charge in [0.05, 0.1) is 6.33 Å². The van der Waals surface area contributed by atoms with Crippen LogP contribution in [0, 0.1) is 0 Å². The predicted molar refractivity (Wildman–Crippen MR) is 102 cm³/mol. The lowest BCUT2D eigenvalue weighted by Gasteiger charge is -2.21. The summed E-state index contributed by atoms with van der Waals surface area (Å²) in [4.78, 5) is 55.2. The van der Waals surface area contributed by atoms with Crippen LogP contribution in [0.1, 0.15) is 12.6 Å². The van der Waals surface area contributed by atoms with E-state index in [-0.39, 0.29) is 23.4 Å². The van der Waals surface area contributed by atoms with Crippen molar-refractivity contribution in [3.8, 4) is 0 Å². The summed E-state index contributed by atoms with van der Waals surface area (Å²) in [6, 6.07) is 0. The SMILES string of the molecule is [N-]=[N+]=NOC[C@H]1O[C@@H](n2cnc3c(N)ncnc32)C[C@@H]1OP(=O)(O)OP(=O)(O)OP(=O)(O)O. The highest BCUT2D eigenvalue weighted by molar-refractivity contribution is 7.66. The van der Waals surface area contributed by atoms with E-state index in [2.05, 4.69) is 38.6 Å². The van der Waals surface area contributed by atoms with E-state index in [1.807, 2.05) is 0 Å². The maximum atomic E-state index is 12.2. The van der Waals surface area contributed by atoms with E-state index in [0.29, 0.717) is 0 Å². The molecule has 3 heterocycles. The van der Waals surface area contributed by atoms with Crippen LogP contribution in [0.15, 0.2) is 17.9 Å². The van der Waals surface area contributed by atoms with Crippen LogP contribution in [0.4, 0.5) is 5.82 Å². The maximum Gasteiger partial charge on any atom is 0.490 e. The summed E-state index contributed by atoms with van der Waals surface area (Å²) in [5, 5.41) is 2.85. The number of nitrogen functional groups attached to an aromatic ring is 1. The Labute approximate surface area is 182 Å². The molecule has 0 aliphatic carbocycles. The lowest BCUT2D eigenvalue weighted by atomic mass is 10.2. The fraction of sp³-hybridized carbons (Fsp3) is 0.500. The van der Waals surface area contributed by atoms with Crippen molar-refractivity contribution < 1.29 is 56.0 Å². The van der Waals surface area contributed by atoms with E-state index >= 15 is 0 Å². The van der Waals surface area contributed by atoms with Crippen LogP contribution >= 0.6 is 23.5 Å². The molecule has 1 aliphatic heterocycles. The molecule has 3 rings (SSSR count). The molecule has 33 heavy (non-hydrogen) atoms. The molecule has 20 nitrogen and oxygen atoms in total. The number of nitrogens with two attached hydrogens (primary N) is 1. The lowest BCUT2D eigenvalue weighted by Crippen LogP contribution is -2.28. The van der Waals surface area contributed by atoms with E-state index in [0.717, 1.165) is 6.33 Å². The standard InChI is InChI=1S/C10H15N8O12P3/c11-9-8-10(14-3-13-9)18(4-15-8)7-1-5(6(27-7)2-26-17-16-12)28-32(22,23)30-33(24,25)29-31(19,20)21/h3-7H,1-2H2,(H,22,23)(H,24,25)(H2,11,13,14)(H2,19,20,21)/t5-,6+,7+/m0/s1. The van der Waals surface area contributed by atoms with Gasteiger partial charge in [-0.15, -0.1) is 0 Å². The quantitative estimate of drug-likeness (QED) is 0.0922.